The summed E-state index contributed by atoms with van der Waals surface area (Å²) in [5.74, 6) is -2.72. The van der Waals surface area contributed by atoms with Gasteiger partial charge in [0.15, 0.2) is 0 Å². The van der Waals surface area contributed by atoms with E-state index in [1.807, 2.05) is 0 Å². The third-order valence-corrected chi connectivity index (χ3v) is 2.86. The van der Waals surface area contributed by atoms with Crippen LogP contribution in [-0.4, -0.2) is 13.4 Å². The molecule has 1 heterocycles. The molecule has 1 rings (SSSR count). The van der Waals surface area contributed by atoms with Crippen LogP contribution in [0.3, 0.4) is 0 Å². The van der Waals surface area contributed by atoms with E-state index in [4.69, 9.17) is 69.6 Å². The van der Waals surface area contributed by atoms with Gasteiger partial charge in [-0.3, -0.25) is 0 Å². The molecule has 0 aromatic heterocycles. The highest BCUT2D eigenvalue weighted by atomic mass is 35.6. The topological polar surface area (TPSA) is 18.5 Å². The summed E-state index contributed by atoms with van der Waals surface area (Å²) in [4.78, 5) is 0. The summed E-state index contributed by atoms with van der Waals surface area (Å²) in [6.07, 6.45) is 0. The predicted octanol–water partition coefficient (Wildman–Crippen LogP) is 4.54. The minimum absolute atomic E-state index is 1.77. The van der Waals surface area contributed by atoms with Gasteiger partial charge >= 0.3 is 17.8 Å². The van der Waals surface area contributed by atoms with Crippen LogP contribution in [0, 0.1) is 0 Å². The molecule has 2 nitrogen and oxygen atoms in total. The van der Waals surface area contributed by atoms with Gasteiger partial charge in [-0.15, -0.1) is 0 Å². The first-order valence-electron chi connectivity index (χ1n) is 3.08. The van der Waals surface area contributed by atoms with Crippen LogP contribution in [0.25, 0.3) is 0 Å². The molecule has 0 spiro atoms. The second-order valence-corrected chi connectivity index (χ2v) is 6.93. The molecular formula is C5Cl6F2O2. The summed E-state index contributed by atoms with van der Waals surface area (Å²) in [7, 11) is 0. The van der Waals surface area contributed by atoms with E-state index in [1.54, 1.807) is 0 Å². The van der Waals surface area contributed by atoms with Crippen LogP contribution >= 0.6 is 69.6 Å². The van der Waals surface area contributed by atoms with Crippen LogP contribution in [0.15, 0.2) is 12.0 Å². The Hall–Kier alpha value is 0.940. The fourth-order valence-corrected chi connectivity index (χ4v) is 2.49. The second kappa shape index (κ2) is 4.00. The number of hydrogen-bond acceptors (Lipinski definition) is 2. The minimum atomic E-state index is -2.72. The van der Waals surface area contributed by atoms with Gasteiger partial charge in [0, 0.05) is 0 Å². The maximum absolute atomic E-state index is 12.7. The number of alkyl halides is 6. The number of hydrogen-bond donors (Lipinski definition) is 0. The maximum Gasteiger partial charge on any atom is 0.350 e. The van der Waals surface area contributed by atoms with Gasteiger partial charge in [0.2, 0.25) is 0 Å². The fraction of sp³-hybridized carbons (Fsp3) is 0.600. The van der Waals surface area contributed by atoms with Crippen molar-refractivity contribution in [2.45, 2.75) is 13.4 Å². The number of rotatable bonds is 0. The Morgan fingerprint density at radius 3 is 1.20 bits per heavy atom. The lowest BCUT2D eigenvalue weighted by molar-refractivity contribution is -0.162. The smallest absolute Gasteiger partial charge is 0.350 e. The van der Waals surface area contributed by atoms with Crippen molar-refractivity contribution in [3.05, 3.63) is 12.0 Å². The third-order valence-electron chi connectivity index (χ3n) is 1.37. The van der Waals surface area contributed by atoms with Gasteiger partial charge < -0.3 is 9.47 Å². The fourth-order valence-electron chi connectivity index (χ4n) is 0.746. The van der Waals surface area contributed by atoms with Gasteiger partial charge in [-0.25, -0.2) is 0 Å². The number of ether oxygens (including phenoxy) is 2. The highest BCUT2D eigenvalue weighted by Crippen LogP contribution is 2.58. The molecule has 1 aliphatic rings. The molecule has 1 aliphatic heterocycles. The Morgan fingerprint density at radius 1 is 0.800 bits per heavy atom. The zero-order chi connectivity index (χ0) is 12.1. The zero-order valence-electron chi connectivity index (χ0n) is 6.34. The quantitative estimate of drug-likeness (QED) is 0.602. The van der Waals surface area contributed by atoms with E-state index in [1.165, 1.54) is 0 Å². The highest BCUT2D eigenvalue weighted by molar-refractivity contribution is 6.73. The normalized spacial score (nSPS) is 21.3. The maximum atomic E-state index is 12.7. The lowest BCUT2D eigenvalue weighted by Crippen LogP contribution is -2.55. The first-order valence-corrected chi connectivity index (χ1v) is 5.35. The van der Waals surface area contributed by atoms with Gasteiger partial charge in [0.25, 0.3) is 7.59 Å². The number of halogens is 8. The van der Waals surface area contributed by atoms with Crippen LogP contribution in [0.2, 0.25) is 0 Å². The van der Waals surface area contributed by atoms with Crippen LogP contribution in [-0.2, 0) is 9.47 Å². The lowest BCUT2D eigenvalue weighted by atomic mass is 10.3. The molecular weight excluding hydrogens is 343 g/mol. The molecule has 0 saturated heterocycles. The summed E-state index contributed by atoms with van der Waals surface area (Å²) in [5.41, 5.74) is 0. The van der Waals surface area contributed by atoms with Crippen molar-refractivity contribution >= 4 is 69.6 Å². The van der Waals surface area contributed by atoms with Gasteiger partial charge in [-0.1, -0.05) is 69.6 Å². The molecule has 0 N–H and O–H groups in total. The van der Waals surface area contributed by atoms with E-state index in [-0.39, 0.29) is 0 Å². The van der Waals surface area contributed by atoms with Crippen LogP contribution < -0.4 is 0 Å². The van der Waals surface area contributed by atoms with Gasteiger partial charge in [-0.2, -0.15) is 8.78 Å². The second-order valence-electron chi connectivity index (χ2n) is 2.36. The Kier molecular flexibility index (Phi) is 3.73. The first kappa shape index (κ1) is 14.0. The molecule has 0 unspecified atom stereocenters. The molecule has 0 radical (unpaired) electrons. The highest BCUT2D eigenvalue weighted by Gasteiger charge is 2.70. The standard InChI is InChI=1S/C5Cl6F2O2/c6-4(7,8)3(5(9,10)11)14-1(12)2(13)15-3. The van der Waals surface area contributed by atoms with Crippen molar-refractivity contribution in [1.29, 1.82) is 0 Å². The Labute approximate surface area is 113 Å². The summed E-state index contributed by atoms with van der Waals surface area (Å²) < 4.78 is 28.7. The van der Waals surface area contributed by atoms with Crippen molar-refractivity contribution in [2.75, 3.05) is 0 Å². The molecule has 0 fully saturated rings. The Morgan fingerprint density at radius 2 is 1.07 bits per heavy atom. The van der Waals surface area contributed by atoms with Gasteiger partial charge in [0.05, 0.1) is 0 Å². The largest absolute Gasteiger partial charge is 0.415 e. The summed E-state index contributed by atoms with van der Waals surface area (Å²) >= 11 is 32.3. The minimum Gasteiger partial charge on any atom is -0.415 e. The van der Waals surface area contributed by atoms with E-state index in [9.17, 15) is 8.78 Å². The SMILES string of the molecule is FC1=C(F)OC(C(Cl)(Cl)Cl)(C(Cl)(Cl)Cl)O1. The average molecular weight is 343 g/mol. The van der Waals surface area contributed by atoms with Crippen molar-refractivity contribution in [2.24, 2.45) is 0 Å². The van der Waals surface area contributed by atoms with Gasteiger partial charge in [-0.05, 0) is 0 Å². The Bertz CT molecular complexity index is 276. The molecule has 0 aromatic carbocycles. The van der Waals surface area contributed by atoms with Crippen molar-refractivity contribution < 1.29 is 18.3 Å². The van der Waals surface area contributed by atoms with Crippen molar-refractivity contribution in [3.8, 4) is 0 Å². The zero-order valence-corrected chi connectivity index (χ0v) is 10.9. The molecule has 0 saturated carbocycles. The van der Waals surface area contributed by atoms with Crippen LogP contribution in [0.1, 0.15) is 0 Å². The van der Waals surface area contributed by atoms with E-state index in [0.717, 1.165) is 0 Å². The van der Waals surface area contributed by atoms with E-state index in [0.29, 0.717) is 0 Å². The van der Waals surface area contributed by atoms with Crippen molar-refractivity contribution in [3.63, 3.8) is 0 Å². The molecule has 0 aliphatic carbocycles. The molecule has 0 aromatic rings. The monoisotopic (exact) mass is 340 g/mol. The molecule has 88 valence electrons. The van der Waals surface area contributed by atoms with E-state index < -0.39 is 25.4 Å². The summed E-state index contributed by atoms with van der Waals surface area (Å²) in [5, 5.41) is 0. The predicted molar refractivity (Wildman–Crippen MR) is 54.7 cm³/mol. The average Bonchev–Trinajstić information content (AvgIpc) is 2.26. The van der Waals surface area contributed by atoms with E-state index in [2.05, 4.69) is 9.47 Å². The lowest BCUT2D eigenvalue weighted by Gasteiger charge is -2.37. The van der Waals surface area contributed by atoms with Crippen LogP contribution in [0.4, 0.5) is 8.78 Å². The molecule has 0 amide bonds. The van der Waals surface area contributed by atoms with Crippen molar-refractivity contribution in [1.82, 2.24) is 0 Å². The van der Waals surface area contributed by atoms with Gasteiger partial charge in [0.1, 0.15) is 0 Å². The summed E-state index contributed by atoms with van der Waals surface area (Å²) in [6, 6.07) is -3.54. The van der Waals surface area contributed by atoms with Crippen LogP contribution in [0.5, 0.6) is 0 Å². The molecule has 15 heavy (non-hydrogen) atoms. The van der Waals surface area contributed by atoms with E-state index >= 15 is 0 Å². The molecule has 0 bridgehead atoms. The molecule has 0 atom stereocenters. The summed E-state index contributed by atoms with van der Waals surface area (Å²) in [6.45, 7) is 0. The molecule has 10 heteroatoms. The third kappa shape index (κ3) is 2.31. The first-order chi connectivity index (χ1) is 6.51. The Balaban J connectivity index is 3.16.